The molecule has 0 saturated carbocycles. The van der Waals surface area contributed by atoms with E-state index in [0.717, 1.165) is 6.42 Å². The molecule has 0 bridgehead atoms. The van der Waals surface area contributed by atoms with Gasteiger partial charge in [-0.05, 0) is 53.0 Å². The van der Waals surface area contributed by atoms with Gasteiger partial charge in [0.1, 0.15) is 0 Å². The highest BCUT2D eigenvalue weighted by Crippen LogP contribution is 2.41. The van der Waals surface area contributed by atoms with Crippen LogP contribution in [0, 0.1) is 0 Å². The first-order valence-electron chi connectivity index (χ1n) is 7.27. The highest BCUT2D eigenvalue weighted by Gasteiger charge is 2.23. The smallest absolute Gasteiger partial charge is 0.0436 e. The molecule has 0 amide bonds. The highest BCUT2D eigenvalue weighted by atomic mass is 16.3. The van der Waals surface area contributed by atoms with Gasteiger partial charge in [0.2, 0.25) is 0 Å². The topological polar surface area (TPSA) is 40.5 Å². The number of aliphatic hydroxyl groups is 2. The van der Waals surface area contributed by atoms with E-state index in [2.05, 4.69) is 42.5 Å². The van der Waals surface area contributed by atoms with Crippen molar-refractivity contribution in [3.63, 3.8) is 0 Å². The number of hydrogen-bond donors (Lipinski definition) is 2. The van der Waals surface area contributed by atoms with Crippen LogP contribution in [0.1, 0.15) is 35.4 Å². The molecular formula is C18H20O2. The second-order valence-corrected chi connectivity index (χ2v) is 5.43. The van der Waals surface area contributed by atoms with Gasteiger partial charge in [-0.1, -0.05) is 42.5 Å². The predicted molar refractivity (Wildman–Crippen MR) is 80.8 cm³/mol. The van der Waals surface area contributed by atoms with Crippen molar-refractivity contribution in [3.05, 3.63) is 59.2 Å². The molecule has 0 unspecified atom stereocenters. The van der Waals surface area contributed by atoms with E-state index in [0.29, 0.717) is 12.8 Å². The van der Waals surface area contributed by atoms with Crippen molar-refractivity contribution in [2.75, 3.05) is 13.2 Å². The Kier molecular flexibility index (Phi) is 3.86. The Bertz CT molecular complexity index is 598. The van der Waals surface area contributed by atoms with Gasteiger partial charge in [0.05, 0.1) is 0 Å². The molecule has 0 aliphatic heterocycles. The summed E-state index contributed by atoms with van der Waals surface area (Å²) in [6, 6.07) is 15.0. The van der Waals surface area contributed by atoms with Crippen LogP contribution in [0.5, 0.6) is 0 Å². The maximum absolute atomic E-state index is 9.27. The molecule has 0 heterocycles. The van der Waals surface area contributed by atoms with Crippen LogP contribution in [0.3, 0.4) is 0 Å². The Hall–Kier alpha value is -1.64. The van der Waals surface area contributed by atoms with E-state index < -0.39 is 0 Å². The van der Waals surface area contributed by atoms with Gasteiger partial charge in [0.15, 0.2) is 0 Å². The van der Waals surface area contributed by atoms with Gasteiger partial charge in [-0.2, -0.15) is 0 Å². The molecular weight excluding hydrogens is 248 g/mol. The molecule has 1 aliphatic rings. The minimum absolute atomic E-state index is 0.168. The molecule has 0 spiro atoms. The van der Waals surface area contributed by atoms with E-state index in [1.807, 2.05) is 0 Å². The SMILES string of the molecule is OCCC(CCO)c1cccc2c1Cc1ccccc1-2. The van der Waals surface area contributed by atoms with Crippen molar-refractivity contribution in [2.45, 2.75) is 25.2 Å². The molecule has 0 fully saturated rings. The summed E-state index contributed by atoms with van der Waals surface area (Å²) in [4.78, 5) is 0. The molecule has 104 valence electrons. The summed E-state index contributed by atoms with van der Waals surface area (Å²) in [5.41, 5.74) is 6.69. The molecule has 0 atom stereocenters. The molecule has 2 N–H and O–H groups in total. The van der Waals surface area contributed by atoms with Gasteiger partial charge in [-0.25, -0.2) is 0 Å². The lowest BCUT2D eigenvalue weighted by molar-refractivity contribution is 0.241. The van der Waals surface area contributed by atoms with Gasteiger partial charge in [0.25, 0.3) is 0 Å². The average molecular weight is 268 g/mol. The summed E-state index contributed by atoms with van der Waals surface area (Å²) in [6.45, 7) is 0.336. The van der Waals surface area contributed by atoms with Gasteiger partial charge in [-0.3, -0.25) is 0 Å². The Morgan fingerprint density at radius 1 is 0.850 bits per heavy atom. The standard InChI is InChI=1S/C18H20O2/c19-10-8-13(9-11-20)15-6-3-7-17-16-5-2-1-4-14(16)12-18(15)17/h1-7,13,19-20H,8-12H2. The first-order valence-corrected chi connectivity index (χ1v) is 7.27. The fourth-order valence-electron chi connectivity index (χ4n) is 3.33. The van der Waals surface area contributed by atoms with Crippen molar-refractivity contribution >= 4 is 0 Å². The maximum Gasteiger partial charge on any atom is 0.0436 e. The number of fused-ring (bicyclic) bond motifs is 3. The van der Waals surface area contributed by atoms with Crippen LogP contribution >= 0.6 is 0 Å². The molecule has 0 saturated heterocycles. The van der Waals surface area contributed by atoms with Crippen molar-refractivity contribution in [2.24, 2.45) is 0 Å². The average Bonchev–Trinajstić information content (AvgIpc) is 2.85. The van der Waals surface area contributed by atoms with Crippen molar-refractivity contribution in [3.8, 4) is 11.1 Å². The Morgan fingerprint density at radius 2 is 1.55 bits per heavy atom. The summed E-state index contributed by atoms with van der Waals surface area (Å²) in [5, 5.41) is 18.5. The Labute approximate surface area is 119 Å². The summed E-state index contributed by atoms with van der Waals surface area (Å²) < 4.78 is 0. The molecule has 1 aliphatic carbocycles. The molecule has 0 aromatic heterocycles. The first kappa shape index (κ1) is 13.3. The number of aliphatic hydroxyl groups excluding tert-OH is 2. The van der Waals surface area contributed by atoms with Crippen molar-refractivity contribution in [1.82, 2.24) is 0 Å². The van der Waals surface area contributed by atoms with Crippen LogP contribution in [0.4, 0.5) is 0 Å². The Balaban J connectivity index is 2.04. The Morgan fingerprint density at radius 3 is 2.30 bits per heavy atom. The third-order valence-corrected chi connectivity index (χ3v) is 4.28. The van der Waals surface area contributed by atoms with Gasteiger partial charge < -0.3 is 10.2 Å². The molecule has 2 aromatic rings. The van der Waals surface area contributed by atoms with Crippen LogP contribution in [0.15, 0.2) is 42.5 Å². The second kappa shape index (κ2) is 5.78. The van der Waals surface area contributed by atoms with Crippen LogP contribution < -0.4 is 0 Å². The van der Waals surface area contributed by atoms with Crippen LogP contribution in [0.2, 0.25) is 0 Å². The quantitative estimate of drug-likeness (QED) is 0.746. The number of benzene rings is 2. The molecule has 3 rings (SSSR count). The third kappa shape index (κ3) is 2.26. The molecule has 2 heteroatoms. The molecule has 2 nitrogen and oxygen atoms in total. The van der Waals surface area contributed by atoms with Crippen LogP contribution in [-0.2, 0) is 6.42 Å². The highest BCUT2D eigenvalue weighted by molar-refractivity contribution is 5.78. The first-order chi connectivity index (χ1) is 9.85. The van der Waals surface area contributed by atoms with Crippen LogP contribution in [0.25, 0.3) is 11.1 Å². The summed E-state index contributed by atoms with van der Waals surface area (Å²) >= 11 is 0. The third-order valence-electron chi connectivity index (χ3n) is 4.28. The van der Waals surface area contributed by atoms with E-state index in [1.165, 1.54) is 27.8 Å². The van der Waals surface area contributed by atoms with Crippen molar-refractivity contribution < 1.29 is 10.2 Å². The minimum Gasteiger partial charge on any atom is -0.396 e. The predicted octanol–water partition coefficient (Wildman–Crippen LogP) is 3.11. The normalized spacial score (nSPS) is 12.6. The zero-order chi connectivity index (χ0) is 13.9. The van der Waals surface area contributed by atoms with E-state index in [4.69, 9.17) is 0 Å². The zero-order valence-corrected chi connectivity index (χ0v) is 11.5. The van der Waals surface area contributed by atoms with Gasteiger partial charge >= 0.3 is 0 Å². The molecule has 20 heavy (non-hydrogen) atoms. The van der Waals surface area contributed by atoms with Crippen LogP contribution in [-0.4, -0.2) is 23.4 Å². The van der Waals surface area contributed by atoms with Gasteiger partial charge in [-0.15, -0.1) is 0 Å². The fraction of sp³-hybridized carbons (Fsp3) is 0.333. The lowest BCUT2D eigenvalue weighted by Crippen LogP contribution is -2.07. The number of hydrogen-bond acceptors (Lipinski definition) is 2. The van der Waals surface area contributed by atoms with E-state index in [1.54, 1.807) is 0 Å². The minimum atomic E-state index is 0.168. The van der Waals surface area contributed by atoms with E-state index in [9.17, 15) is 10.2 Å². The summed E-state index contributed by atoms with van der Waals surface area (Å²) in [7, 11) is 0. The van der Waals surface area contributed by atoms with E-state index >= 15 is 0 Å². The second-order valence-electron chi connectivity index (χ2n) is 5.43. The van der Waals surface area contributed by atoms with Crippen molar-refractivity contribution in [1.29, 1.82) is 0 Å². The summed E-state index contributed by atoms with van der Waals surface area (Å²) in [5.74, 6) is 0.245. The molecule has 0 radical (unpaired) electrons. The largest absolute Gasteiger partial charge is 0.396 e. The van der Waals surface area contributed by atoms with Gasteiger partial charge in [0, 0.05) is 13.2 Å². The lowest BCUT2D eigenvalue weighted by Gasteiger charge is -2.18. The molecule has 2 aromatic carbocycles. The lowest BCUT2D eigenvalue weighted by atomic mass is 9.87. The van der Waals surface area contributed by atoms with E-state index in [-0.39, 0.29) is 19.1 Å². The summed E-state index contributed by atoms with van der Waals surface area (Å²) in [6.07, 6.45) is 2.40. The fourth-order valence-corrected chi connectivity index (χ4v) is 3.33. The maximum atomic E-state index is 9.27. The number of rotatable bonds is 5. The monoisotopic (exact) mass is 268 g/mol. The zero-order valence-electron chi connectivity index (χ0n) is 11.5.